The molecule has 3 rings (SSSR count). The molecule has 0 radical (unpaired) electrons. The number of esters is 1. The maximum absolute atomic E-state index is 14.3. The van der Waals surface area contributed by atoms with E-state index in [9.17, 15) is 13.6 Å². The quantitative estimate of drug-likeness (QED) is 0.467. The van der Waals surface area contributed by atoms with Crippen molar-refractivity contribution in [3.05, 3.63) is 40.8 Å². The minimum absolute atomic E-state index is 0.0209. The molecular formula is C15H12BClF2N2O4. The Morgan fingerprint density at radius 1 is 1.32 bits per heavy atom. The van der Waals surface area contributed by atoms with Crippen molar-refractivity contribution >= 4 is 30.2 Å². The van der Waals surface area contributed by atoms with Gasteiger partial charge in [0.1, 0.15) is 11.6 Å². The molecule has 0 spiro atoms. The second kappa shape index (κ2) is 7.43. The maximum atomic E-state index is 14.3. The van der Waals surface area contributed by atoms with Crippen LogP contribution in [0.3, 0.4) is 0 Å². The van der Waals surface area contributed by atoms with Crippen LogP contribution in [0.4, 0.5) is 8.78 Å². The molecule has 0 unspecified atom stereocenters. The molecule has 1 fully saturated rings. The highest BCUT2D eigenvalue weighted by Crippen LogP contribution is 2.24. The third-order valence-corrected chi connectivity index (χ3v) is 3.60. The lowest BCUT2D eigenvalue weighted by Gasteiger charge is -2.15. The lowest BCUT2D eigenvalue weighted by molar-refractivity contribution is 0.0520. The normalized spacial score (nSPS) is 14.0. The van der Waals surface area contributed by atoms with E-state index in [0.29, 0.717) is 6.07 Å². The molecule has 6 nitrogen and oxygen atoms in total. The highest BCUT2D eigenvalue weighted by molar-refractivity contribution is 6.64. The minimum atomic E-state index is -0.990. The molecule has 10 heteroatoms. The zero-order valence-corrected chi connectivity index (χ0v) is 13.8. The van der Waals surface area contributed by atoms with Gasteiger partial charge in [-0.15, -0.1) is 0 Å². The summed E-state index contributed by atoms with van der Waals surface area (Å²) in [5.74, 6) is -2.39. The molecule has 25 heavy (non-hydrogen) atoms. The molecule has 0 saturated carbocycles. The van der Waals surface area contributed by atoms with Crippen molar-refractivity contribution in [2.75, 3.05) is 19.8 Å². The fourth-order valence-electron chi connectivity index (χ4n) is 2.43. The summed E-state index contributed by atoms with van der Waals surface area (Å²) >= 11 is 5.90. The smallest absolute Gasteiger partial charge is 0.461 e. The van der Waals surface area contributed by atoms with Gasteiger partial charge in [-0.3, -0.25) is 0 Å². The average molecular weight is 369 g/mol. The van der Waals surface area contributed by atoms with E-state index in [-0.39, 0.29) is 47.5 Å². The summed E-state index contributed by atoms with van der Waals surface area (Å²) in [6.45, 7) is 2.29. The van der Waals surface area contributed by atoms with Crippen molar-refractivity contribution in [3.8, 4) is 11.3 Å². The van der Waals surface area contributed by atoms with Gasteiger partial charge in [-0.2, -0.15) is 0 Å². The number of nitrogens with zero attached hydrogens (tertiary/aromatic N) is 2. The fraction of sp³-hybridized carbons (Fsp3) is 0.267. The summed E-state index contributed by atoms with van der Waals surface area (Å²) < 4.78 is 43.3. The zero-order chi connectivity index (χ0) is 18.0. The molecule has 1 aromatic carbocycles. The van der Waals surface area contributed by atoms with Crippen molar-refractivity contribution < 1.29 is 27.6 Å². The first-order valence-corrected chi connectivity index (χ1v) is 7.82. The topological polar surface area (TPSA) is 70.5 Å². The van der Waals surface area contributed by atoms with E-state index < -0.39 is 24.7 Å². The van der Waals surface area contributed by atoms with Crippen LogP contribution in [0.25, 0.3) is 11.3 Å². The standard InChI is InChI=1S/C15H12BClF2N2O4/c1-2-23-14(22)13-11(16-24-5-6-25-16)12(20-15(17)21-13)9-4-3-8(18)7-10(9)19/h3-4,7H,2,5-6H2,1H3. The third-order valence-electron chi connectivity index (χ3n) is 3.43. The van der Waals surface area contributed by atoms with Gasteiger partial charge in [0.2, 0.25) is 5.28 Å². The SMILES string of the molecule is CCOC(=O)c1nc(Cl)nc(-c2ccc(F)cc2F)c1B1OCCO1. The van der Waals surface area contributed by atoms with Gasteiger partial charge in [0.05, 0.1) is 25.5 Å². The number of halogens is 3. The van der Waals surface area contributed by atoms with Crippen LogP contribution in [0.5, 0.6) is 0 Å². The number of rotatable bonds is 4. The molecule has 0 atom stereocenters. The molecular weight excluding hydrogens is 356 g/mol. The van der Waals surface area contributed by atoms with Crippen LogP contribution in [-0.4, -0.2) is 42.9 Å². The first-order valence-electron chi connectivity index (χ1n) is 7.44. The third kappa shape index (κ3) is 3.63. The molecule has 0 N–H and O–H groups in total. The lowest BCUT2D eigenvalue weighted by Crippen LogP contribution is -2.40. The van der Waals surface area contributed by atoms with E-state index in [2.05, 4.69) is 9.97 Å². The Morgan fingerprint density at radius 2 is 2.04 bits per heavy atom. The van der Waals surface area contributed by atoms with Crippen LogP contribution in [0, 0.1) is 11.6 Å². The average Bonchev–Trinajstić information content (AvgIpc) is 3.08. The first-order chi connectivity index (χ1) is 12.0. The molecule has 1 saturated heterocycles. The lowest BCUT2D eigenvalue weighted by atomic mass is 9.75. The van der Waals surface area contributed by atoms with Crippen LogP contribution in [0.2, 0.25) is 5.28 Å². The molecule has 0 bridgehead atoms. The molecule has 1 aliphatic rings. The number of benzene rings is 1. The summed E-state index contributed by atoms with van der Waals surface area (Å²) in [6, 6.07) is 2.96. The molecule has 1 aliphatic heterocycles. The fourth-order valence-corrected chi connectivity index (χ4v) is 2.60. The van der Waals surface area contributed by atoms with E-state index in [1.54, 1.807) is 6.92 Å². The number of carbonyl (C=O) groups is 1. The van der Waals surface area contributed by atoms with Crippen LogP contribution in [-0.2, 0) is 14.0 Å². The molecule has 2 heterocycles. The number of ether oxygens (including phenoxy) is 1. The van der Waals surface area contributed by atoms with Gasteiger partial charge in [0.15, 0.2) is 5.69 Å². The van der Waals surface area contributed by atoms with E-state index >= 15 is 0 Å². The van der Waals surface area contributed by atoms with E-state index in [0.717, 1.165) is 6.07 Å². The largest absolute Gasteiger partial charge is 0.498 e. The van der Waals surface area contributed by atoms with Gasteiger partial charge in [0, 0.05) is 17.1 Å². The van der Waals surface area contributed by atoms with Gasteiger partial charge in [-0.05, 0) is 30.7 Å². The van der Waals surface area contributed by atoms with Crippen LogP contribution >= 0.6 is 11.6 Å². The van der Waals surface area contributed by atoms with Crippen molar-refractivity contribution in [1.82, 2.24) is 9.97 Å². The number of aromatic nitrogens is 2. The Labute approximate surface area is 147 Å². The molecule has 0 aliphatic carbocycles. The van der Waals surface area contributed by atoms with Crippen LogP contribution in [0.1, 0.15) is 17.4 Å². The van der Waals surface area contributed by atoms with Crippen LogP contribution < -0.4 is 5.46 Å². The van der Waals surface area contributed by atoms with Crippen molar-refractivity contribution in [2.24, 2.45) is 0 Å². The van der Waals surface area contributed by atoms with Gasteiger partial charge in [-0.25, -0.2) is 23.5 Å². The van der Waals surface area contributed by atoms with Gasteiger partial charge < -0.3 is 14.0 Å². The van der Waals surface area contributed by atoms with Gasteiger partial charge in [0.25, 0.3) is 0 Å². The Bertz CT molecular complexity index is 818. The predicted molar refractivity (Wildman–Crippen MR) is 85.6 cm³/mol. The van der Waals surface area contributed by atoms with E-state index in [1.807, 2.05) is 0 Å². The Hall–Kier alpha value is -2.10. The Balaban J connectivity index is 2.23. The number of carbonyl (C=O) groups excluding carboxylic acids is 1. The Kier molecular flexibility index (Phi) is 5.26. The maximum Gasteiger partial charge on any atom is 0.498 e. The van der Waals surface area contributed by atoms with E-state index in [1.165, 1.54) is 6.07 Å². The second-order valence-electron chi connectivity index (χ2n) is 5.02. The van der Waals surface area contributed by atoms with Crippen LogP contribution in [0.15, 0.2) is 18.2 Å². The zero-order valence-electron chi connectivity index (χ0n) is 13.1. The molecule has 2 aromatic rings. The van der Waals surface area contributed by atoms with Crippen molar-refractivity contribution in [1.29, 1.82) is 0 Å². The summed E-state index contributed by atoms with van der Waals surface area (Å²) in [7, 11) is -0.990. The predicted octanol–water partition coefficient (Wildman–Crippen LogP) is 1.99. The number of hydrogen-bond donors (Lipinski definition) is 0. The second-order valence-corrected chi connectivity index (χ2v) is 5.36. The van der Waals surface area contributed by atoms with Crippen molar-refractivity contribution in [2.45, 2.75) is 6.92 Å². The molecule has 0 amide bonds. The Morgan fingerprint density at radius 3 is 2.68 bits per heavy atom. The minimum Gasteiger partial charge on any atom is -0.461 e. The van der Waals surface area contributed by atoms with Crippen molar-refractivity contribution in [3.63, 3.8) is 0 Å². The summed E-state index contributed by atoms with van der Waals surface area (Å²) in [4.78, 5) is 20.2. The highest BCUT2D eigenvalue weighted by atomic mass is 35.5. The van der Waals surface area contributed by atoms with Gasteiger partial charge in [-0.1, -0.05) is 0 Å². The summed E-state index contributed by atoms with van der Waals surface area (Å²) in [6.07, 6.45) is 0. The summed E-state index contributed by atoms with van der Waals surface area (Å²) in [5.41, 5.74) is -0.184. The number of hydrogen-bond acceptors (Lipinski definition) is 6. The molecule has 130 valence electrons. The monoisotopic (exact) mass is 368 g/mol. The molecule has 1 aromatic heterocycles. The highest BCUT2D eigenvalue weighted by Gasteiger charge is 2.37. The van der Waals surface area contributed by atoms with E-state index in [4.69, 9.17) is 25.6 Å². The first kappa shape index (κ1) is 17.7. The summed E-state index contributed by atoms with van der Waals surface area (Å²) in [5, 5.41) is -0.288. The van der Waals surface area contributed by atoms with Gasteiger partial charge >= 0.3 is 13.1 Å².